The standard InChI is InChI=1S/C11H19N5O/c12-9-5-10(16-11(13)15-9)14-6-7-3-1-2-4-8(7)17/h5,7-8,17H,1-4,6H2,(H5,12,13,14,15,16). The topological polar surface area (TPSA) is 110 Å². The summed E-state index contributed by atoms with van der Waals surface area (Å²) in [5.74, 6) is 1.41. The van der Waals surface area contributed by atoms with Gasteiger partial charge in [0.05, 0.1) is 6.10 Å². The van der Waals surface area contributed by atoms with Crippen molar-refractivity contribution in [3.63, 3.8) is 0 Å². The maximum Gasteiger partial charge on any atom is 0.223 e. The lowest BCUT2D eigenvalue weighted by molar-refractivity contribution is 0.0763. The normalized spacial score (nSPS) is 24.5. The molecule has 2 unspecified atom stereocenters. The van der Waals surface area contributed by atoms with E-state index in [1.165, 1.54) is 6.42 Å². The van der Waals surface area contributed by atoms with E-state index in [1.54, 1.807) is 6.07 Å². The Morgan fingerprint density at radius 1 is 1.29 bits per heavy atom. The quantitative estimate of drug-likeness (QED) is 0.613. The molecule has 0 amide bonds. The van der Waals surface area contributed by atoms with Crippen molar-refractivity contribution >= 4 is 17.6 Å². The number of nitrogen functional groups attached to an aromatic ring is 2. The van der Waals surface area contributed by atoms with Crippen LogP contribution in [-0.2, 0) is 0 Å². The van der Waals surface area contributed by atoms with E-state index in [0.717, 1.165) is 19.3 Å². The third kappa shape index (κ3) is 3.20. The van der Waals surface area contributed by atoms with Crippen LogP contribution in [-0.4, -0.2) is 27.7 Å². The minimum absolute atomic E-state index is 0.164. The number of anilines is 3. The van der Waals surface area contributed by atoms with Gasteiger partial charge in [0.1, 0.15) is 11.6 Å². The molecule has 2 atom stereocenters. The highest BCUT2D eigenvalue weighted by molar-refractivity contribution is 5.48. The molecule has 0 radical (unpaired) electrons. The molecule has 94 valence electrons. The van der Waals surface area contributed by atoms with Crippen LogP contribution in [0, 0.1) is 5.92 Å². The first-order valence-electron chi connectivity index (χ1n) is 5.97. The van der Waals surface area contributed by atoms with Crippen LogP contribution in [0.4, 0.5) is 17.6 Å². The molecule has 6 heteroatoms. The molecule has 1 heterocycles. The zero-order valence-corrected chi connectivity index (χ0v) is 9.76. The van der Waals surface area contributed by atoms with Gasteiger partial charge in [0, 0.05) is 18.5 Å². The summed E-state index contributed by atoms with van der Waals surface area (Å²) < 4.78 is 0. The lowest BCUT2D eigenvalue weighted by Gasteiger charge is -2.27. The van der Waals surface area contributed by atoms with E-state index in [0.29, 0.717) is 18.2 Å². The maximum atomic E-state index is 9.83. The van der Waals surface area contributed by atoms with Crippen molar-refractivity contribution < 1.29 is 5.11 Å². The average Bonchev–Trinajstić information content (AvgIpc) is 2.27. The second-order valence-electron chi connectivity index (χ2n) is 4.53. The third-order valence-corrected chi connectivity index (χ3v) is 3.18. The van der Waals surface area contributed by atoms with Crippen LogP contribution < -0.4 is 16.8 Å². The molecule has 0 aromatic carbocycles. The number of aromatic nitrogens is 2. The van der Waals surface area contributed by atoms with Crippen molar-refractivity contribution in [2.45, 2.75) is 31.8 Å². The van der Waals surface area contributed by atoms with Gasteiger partial charge in [0.25, 0.3) is 0 Å². The number of nitrogens with two attached hydrogens (primary N) is 2. The Morgan fingerprint density at radius 2 is 2.06 bits per heavy atom. The molecule has 0 spiro atoms. The Morgan fingerprint density at radius 3 is 2.76 bits per heavy atom. The number of aliphatic hydroxyl groups is 1. The minimum atomic E-state index is -0.215. The molecule has 1 aliphatic carbocycles. The van der Waals surface area contributed by atoms with Gasteiger partial charge >= 0.3 is 0 Å². The van der Waals surface area contributed by atoms with Crippen LogP contribution in [0.2, 0.25) is 0 Å². The van der Waals surface area contributed by atoms with E-state index in [9.17, 15) is 5.11 Å². The van der Waals surface area contributed by atoms with Gasteiger partial charge in [-0.25, -0.2) is 0 Å². The molecule has 2 rings (SSSR count). The predicted octanol–water partition coefficient (Wildman–Crippen LogP) is 0.604. The van der Waals surface area contributed by atoms with Crippen molar-refractivity contribution in [3.8, 4) is 0 Å². The summed E-state index contributed by atoms with van der Waals surface area (Å²) in [5, 5.41) is 13.0. The molecule has 0 aliphatic heterocycles. The highest BCUT2D eigenvalue weighted by Crippen LogP contribution is 2.24. The number of aliphatic hydroxyl groups excluding tert-OH is 1. The fraction of sp³-hybridized carbons (Fsp3) is 0.636. The zero-order valence-electron chi connectivity index (χ0n) is 9.76. The largest absolute Gasteiger partial charge is 0.393 e. The molecule has 1 aromatic rings. The molecule has 1 aromatic heterocycles. The first-order valence-corrected chi connectivity index (χ1v) is 5.97. The number of hydrogen-bond donors (Lipinski definition) is 4. The second-order valence-corrected chi connectivity index (χ2v) is 4.53. The van der Waals surface area contributed by atoms with Crippen molar-refractivity contribution in [1.82, 2.24) is 9.97 Å². The molecule has 1 aliphatic rings. The Balaban J connectivity index is 1.92. The molecular formula is C11H19N5O. The van der Waals surface area contributed by atoms with Gasteiger partial charge in [-0.2, -0.15) is 9.97 Å². The molecule has 6 N–H and O–H groups in total. The van der Waals surface area contributed by atoms with Crippen molar-refractivity contribution in [2.24, 2.45) is 5.92 Å². The lowest BCUT2D eigenvalue weighted by atomic mass is 9.86. The van der Waals surface area contributed by atoms with Crippen molar-refractivity contribution in [3.05, 3.63) is 6.07 Å². The number of hydrogen-bond acceptors (Lipinski definition) is 6. The smallest absolute Gasteiger partial charge is 0.223 e. The number of rotatable bonds is 3. The molecule has 1 saturated carbocycles. The zero-order chi connectivity index (χ0) is 12.3. The van der Waals surface area contributed by atoms with Crippen LogP contribution in [0.3, 0.4) is 0 Å². The van der Waals surface area contributed by atoms with Crippen LogP contribution in [0.1, 0.15) is 25.7 Å². The van der Waals surface area contributed by atoms with Crippen LogP contribution in [0.25, 0.3) is 0 Å². The van der Waals surface area contributed by atoms with E-state index >= 15 is 0 Å². The summed E-state index contributed by atoms with van der Waals surface area (Å²) in [6.45, 7) is 0.692. The second kappa shape index (κ2) is 5.18. The van der Waals surface area contributed by atoms with Crippen LogP contribution in [0.15, 0.2) is 6.07 Å². The maximum absolute atomic E-state index is 9.83. The number of nitrogens with one attached hydrogen (secondary N) is 1. The highest BCUT2D eigenvalue weighted by atomic mass is 16.3. The van der Waals surface area contributed by atoms with Gasteiger partial charge in [-0.3, -0.25) is 0 Å². The van der Waals surface area contributed by atoms with Crippen LogP contribution >= 0.6 is 0 Å². The average molecular weight is 237 g/mol. The van der Waals surface area contributed by atoms with Gasteiger partial charge in [0.2, 0.25) is 5.95 Å². The summed E-state index contributed by atoms with van der Waals surface area (Å²) in [7, 11) is 0. The van der Waals surface area contributed by atoms with E-state index in [4.69, 9.17) is 11.5 Å². The van der Waals surface area contributed by atoms with Gasteiger partial charge in [-0.1, -0.05) is 12.8 Å². The summed E-state index contributed by atoms with van der Waals surface area (Å²) in [4.78, 5) is 7.84. The fourth-order valence-electron chi connectivity index (χ4n) is 2.24. The number of nitrogens with zero attached hydrogens (tertiary/aromatic N) is 2. The summed E-state index contributed by atoms with van der Waals surface area (Å²) in [5.41, 5.74) is 11.1. The minimum Gasteiger partial charge on any atom is -0.393 e. The van der Waals surface area contributed by atoms with E-state index in [1.807, 2.05) is 0 Å². The van der Waals surface area contributed by atoms with Crippen molar-refractivity contribution in [1.29, 1.82) is 0 Å². The Labute approximate surface area is 100 Å². The molecule has 1 fully saturated rings. The molecule has 0 bridgehead atoms. The summed E-state index contributed by atoms with van der Waals surface area (Å²) >= 11 is 0. The third-order valence-electron chi connectivity index (χ3n) is 3.18. The van der Waals surface area contributed by atoms with Crippen molar-refractivity contribution in [2.75, 3.05) is 23.3 Å². The monoisotopic (exact) mass is 237 g/mol. The first-order chi connectivity index (χ1) is 8.15. The molecular weight excluding hydrogens is 218 g/mol. The van der Waals surface area contributed by atoms with Gasteiger partial charge < -0.3 is 21.9 Å². The highest BCUT2D eigenvalue weighted by Gasteiger charge is 2.22. The lowest BCUT2D eigenvalue weighted by Crippen LogP contribution is -2.30. The van der Waals surface area contributed by atoms with E-state index in [2.05, 4.69) is 15.3 Å². The summed E-state index contributed by atoms with van der Waals surface area (Å²) in [6.07, 6.45) is 4.01. The fourth-order valence-corrected chi connectivity index (χ4v) is 2.24. The van der Waals surface area contributed by atoms with Gasteiger partial charge in [0.15, 0.2) is 0 Å². The first kappa shape index (κ1) is 11.9. The van der Waals surface area contributed by atoms with E-state index in [-0.39, 0.29) is 18.0 Å². The molecule has 0 saturated heterocycles. The Kier molecular flexibility index (Phi) is 3.63. The Bertz CT molecular complexity index is 364. The van der Waals surface area contributed by atoms with Gasteiger partial charge in [-0.15, -0.1) is 0 Å². The predicted molar refractivity (Wildman–Crippen MR) is 67.3 cm³/mol. The van der Waals surface area contributed by atoms with Crippen LogP contribution in [0.5, 0.6) is 0 Å². The molecule has 17 heavy (non-hydrogen) atoms. The van der Waals surface area contributed by atoms with Gasteiger partial charge in [-0.05, 0) is 12.8 Å². The Hall–Kier alpha value is -1.56. The SMILES string of the molecule is Nc1cc(NCC2CCCCC2O)nc(N)n1. The molecule has 6 nitrogen and oxygen atoms in total. The van der Waals surface area contributed by atoms with E-state index < -0.39 is 0 Å². The summed E-state index contributed by atoms with van der Waals surface area (Å²) in [6, 6.07) is 1.64.